The Balaban J connectivity index is 2.41. The molecular formula is C11H7Br2FOS. The van der Waals surface area contributed by atoms with Gasteiger partial charge >= 0.3 is 0 Å². The summed E-state index contributed by atoms with van der Waals surface area (Å²) in [6, 6.07) is 8.31. The minimum absolute atomic E-state index is 0.312. The van der Waals surface area contributed by atoms with Gasteiger partial charge in [0.2, 0.25) is 0 Å². The van der Waals surface area contributed by atoms with Gasteiger partial charge in [-0.1, -0.05) is 12.1 Å². The predicted molar refractivity (Wildman–Crippen MR) is 70.2 cm³/mol. The van der Waals surface area contributed by atoms with Gasteiger partial charge in [0.15, 0.2) is 0 Å². The Morgan fingerprint density at radius 1 is 1.19 bits per heavy atom. The predicted octanol–water partition coefficient (Wildman–Crippen LogP) is 4.49. The SMILES string of the molecule is OC(c1ccc(Br)s1)c1cccc(F)c1Br. The van der Waals surface area contributed by atoms with Gasteiger partial charge in [-0.05, 0) is 50.1 Å². The molecule has 0 saturated heterocycles. The molecule has 0 bridgehead atoms. The summed E-state index contributed by atoms with van der Waals surface area (Å²) >= 11 is 7.90. The molecule has 1 N–H and O–H groups in total. The van der Waals surface area contributed by atoms with Crippen LogP contribution < -0.4 is 0 Å². The smallest absolute Gasteiger partial charge is 0.137 e. The number of rotatable bonds is 2. The number of benzene rings is 1. The summed E-state index contributed by atoms with van der Waals surface area (Å²) in [6.45, 7) is 0. The van der Waals surface area contributed by atoms with Crippen molar-refractivity contribution in [3.8, 4) is 0 Å². The van der Waals surface area contributed by atoms with Crippen molar-refractivity contribution < 1.29 is 9.50 Å². The molecule has 1 atom stereocenters. The van der Waals surface area contributed by atoms with Gasteiger partial charge < -0.3 is 5.11 Å². The lowest BCUT2D eigenvalue weighted by Crippen LogP contribution is -1.99. The zero-order valence-electron chi connectivity index (χ0n) is 7.95. The summed E-state index contributed by atoms with van der Waals surface area (Å²) in [6.07, 6.45) is -0.804. The molecule has 1 aromatic carbocycles. The molecule has 5 heteroatoms. The molecule has 0 aliphatic rings. The summed E-state index contributed by atoms with van der Waals surface area (Å²) in [4.78, 5) is 0.776. The van der Waals surface area contributed by atoms with Gasteiger partial charge in [-0.15, -0.1) is 11.3 Å². The first-order chi connectivity index (χ1) is 7.59. The highest BCUT2D eigenvalue weighted by Crippen LogP contribution is 2.34. The zero-order valence-corrected chi connectivity index (χ0v) is 11.9. The van der Waals surface area contributed by atoms with Crippen molar-refractivity contribution in [1.82, 2.24) is 0 Å². The lowest BCUT2D eigenvalue weighted by atomic mass is 10.1. The second-order valence-electron chi connectivity index (χ2n) is 3.19. The summed E-state index contributed by atoms with van der Waals surface area (Å²) in [7, 11) is 0. The van der Waals surface area contributed by atoms with Crippen LogP contribution in [0, 0.1) is 5.82 Å². The normalized spacial score (nSPS) is 12.8. The van der Waals surface area contributed by atoms with E-state index in [9.17, 15) is 9.50 Å². The van der Waals surface area contributed by atoms with E-state index in [1.807, 2.05) is 12.1 Å². The molecule has 0 saturated carbocycles. The van der Waals surface area contributed by atoms with Crippen LogP contribution in [0.15, 0.2) is 38.6 Å². The van der Waals surface area contributed by atoms with Gasteiger partial charge in [0.1, 0.15) is 11.9 Å². The summed E-state index contributed by atoms with van der Waals surface area (Å²) in [5.74, 6) is -0.368. The van der Waals surface area contributed by atoms with Gasteiger partial charge in [-0.2, -0.15) is 0 Å². The highest BCUT2D eigenvalue weighted by atomic mass is 79.9. The average molecular weight is 366 g/mol. The highest BCUT2D eigenvalue weighted by molar-refractivity contribution is 9.11. The van der Waals surface area contributed by atoms with E-state index >= 15 is 0 Å². The van der Waals surface area contributed by atoms with E-state index in [-0.39, 0.29) is 5.82 Å². The first kappa shape index (κ1) is 12.2. The van der Waals surface area contributed by atoms with E-state index in [2.05, 4.69) is 31.9 Å². The van der Waals surface area contributed by atoms with Crippen LogP contribution in [0.1, 0.15) is 16.5 Å². The fraction of sp³-hybridized carbons (Fsp3) is 0.0909. The Bertz CT molecular complexity index is 512. The van der Waals surface area contributed by atoms with Crippen molar-refractivity contribution in [3.05, 3.63) is 54.8 Å². The minimum atomic E-state index is -0.804. The summed E-state index contributed by atoms with van der Waals surface area (Å²) in [5.41, 5.74) is 0.536. The highest BCUT2D eigenvalue weighted by Gasteiger charge is 2.17. The third kappa shape index (κ3) is 2.37. The van der Waals surface area contributed by atoms with Crippen molar-refractivity contribution in [2.45, 2.75) is 6.10 Å². The van der Waals surface area contributed by atoms with Crippen LogP contribution >= 0.6 is 43.2 Å². The molecule has 1 unspecified atom stereocenters. The lowest BCUT2D eigenvalue weighted by molar-refractivity contribution is 0.222. The van der Waals surface area contributed by atoms with Gasteiger partial charge in [-0.25, -0.2) is 4.39 Å². The topological polar surface area (TPSA) is 20.2 Å². The quantitative estimate of drug-likeness (QED) is 0.831. The van der Waals surface area contributed by atoms with Crippen molar-refractivity contribution >= 4 is 43.2 Å². The second-order valence-corrected chi connectivity index (χ2v) is 6.48. The van der Waals surface area contributed by atoms with E-state index in [4.69, 9.17) is 0 Å². The zero-order chi connectivity index (χ0) is 11.7. The average Bonchev–Trinajstić information content (AvgIpc) is 2.68. The Morgan fingerprint density at radius 3 is 2.56 bits per heavy atom. The van der Waals surface area contributed by atoms with Gasteiger partial charge in [0, 0.05) is 10.4 Å². The number of hydrogen-bond donors (Lipinski definition) is 1. The van der Waals surface area contributed by atoms with Crippen LogP contribution in [0.3, 0.4) is 0 Å². The second kappa shape index (κ2) is 4.96. The van der Waals surface area contributed by atoms with Crippen molar-refractivity contribution in [2.75, 3.05) is 0 Å². The Hall–Kier alpha value is -0.230. The fourth-order valence-electron chi connectivity index (χ4n) is 1.36. The molecule has 0 aliphatic heterocycles. The third-order valence-corrected chi connectivity index (χ3v) is 4.65. The number of halogens is 3. The molecule has 1 heterocycles. The molecular weight excluding hydrogens is 359 g/mol. The van der Waals surface area contributed by atoms with Crippen LogP contribution in [0.2, 0.25) is 0 Å². The monoisotopic (exact) mass is 364 g/mol. The van der Waals surface area contributed by atoms with Crippen molar-refractivity contribution in [3.63, 3.8) is 0 Å². The van der Waals surface area contributed by atoms with Crippen molar-refractivity contribution in [2.24, 2.45) is 0 Å². The van der Waals surface area contributed by atoms with Crippen LogP contribution in [0.5, 0.6) is 0 Å². The number of thiophene rings is 1. The first-order valence-electron chi connectivity index (χ1n) is 4.47. The third-order valence-electron chi connectivity index (χ3n) is 2.14. The van der Waals surface area contributed by atoms with E-state index in [1.54, 1.807) is 12.1 Å². The van der Waals surface area contributed by atoms with Crippen LogP contribution in [-0.4, -0.2) is 5.11 Å². The van der Waals surface area contributed by atoms with E-state index in [0.29, 0.717) is 10.0 Å². The molecule has 0 radical (unpaired) electrons. The molecule has 16 heavy (non-hydrogen) atoms. The maximum absolute atomic E-state index is 13.3. The molecule has 0 spiro atoms. The van der Waals surface area contributed by atoms with Gasteiger partial charge in [-0.3, -0.25) is 0 Å². The molecule has 1 aromatic heterocycles. The maximum atomic E-state index is 13.3. The summed E-state index contributed by atoms with van der Waals surface area (Å²) < 4.78 is 14.5. The van der Waals surface area contributed by atoms with E-state index in [0.717, 1.165) is 8.66 Å². The molecule has 2 aromatic rings. The van der Waals surface area contributed by atoms with Gasteiger partial charge in [0.25, 0.3) is 0 Å². The van der Waals surface area contributed by atoms with Gasteiger partial charge in [0.05, 0.1) is 8.26 Å². The summed E-state index contributed by atoms with van der Waals surface area (Å²) in [5, 5.41) is 10.1. The molecule has 0 amide bonds. The minimum Gasteiger partial charge on any atom is -0.383 e. The Kier molecular flexibility index (Phi) is 3.79. The molecule has 0 aliphatic carbocycles. The van der Waals surface area contributed by atoms with E-state index < -0.39 is 6.10 Å². The molecule has 0 fully saturated rings. The van der Waals surface area contributed by atoms with Crippen LogP contribution in [-0.2, 0) is 0 Å². The molecule has 2 rings (SSSR count). The Morgan fingerprint density at radius 2 is 1.94 bits per heavy atom. The largest absolute Gasteiger partial charge is 0.383 e. The fourth-order valence-corrected chi connectivity index (χ4v) is 3.27. The van der Waals surface area contributed by atoms with Crippen LogP contribution in [0.25, 0.3) is 0 Å². The number of aliphatic hydroxyl groups excluding tert-OH is 1. The van der Waals surface area contributed by atoms with E-state index in [1.165, 1.54) is 17.4 Å². The first-order valence-corrected chi connectivity index (χ1v) is 6.87. The molecule has 1 nitrogen and oxygen atoms in total. The number of hydrogen-bond acceptors (Lipinski definition) is 2. The Labute approximate surface area is 113 Å². The standard InChI is InChI=1S/C11H7Br2FOS/c12-9-5-4-8(16-9)11(15)6-2-1-3-7(14)10(6)13/h1-5,11,15H. The number of aliphatic hydroxyl groups is 1. The lowest BCUT2D eigenvalue weighted by Gasteiger charge is -2.11. The molecule has 84 valence electrons. The van der Waals surface area contributed by atoms with Crippen LogP contribution in [0.4, 0.5) is 4.39 Å². The van der Waals surface area contributed by atoms with Crippen molar-refractivity contribution in [1.29, 1.82) is 0 Å². The maximum Gasteiger partial charge on any atom is 0.137 e.